The predicted molar refractivity (Wildman–Crippen MR) is 52.1 cm³/mol. The highest BCUT2D eigenvalue weighted by atomic mass is 16.3. The Hall–Kier alpha value is -1.36. The van der Waals surface area contributed by atoms with Gasteiger partial charge in [-0.05, 0) is 18.8 Å². The fourth-order valence-electron chi connectivity index (χ4n) is 1.34. The molecule has 76 valence electrons. The van der Waals surface area contributed by atoms with Crippen LogP contribution in [0.4, 0.5) is 5.69 Å². The molecular formula is C9H13N3O2. The molecule has 0 aromatic carbocycles. The second-order valence-electron chi connectivity index (χ2n) is 3.62. The Bertz CT molecular complexity index is 359. The molecule has 1 aromatic rings. The first-order valence-corrected chi connectivity index (χ1v) is 4.72. The molecule has 2 rings (SSSR count). The van der Waals surface area contributed by atoms with Crippen molar-refractivity contribution in [3.8, 4) is 0 Å². The minimum absolute atomic E-state index is 0.240. The van der Waals surface area contributed by atoms with Gasteiger partial charge in [0.1, 0.15) is 0 Å². The minimum atomic E-state index is -0.311. The SMILES string of the molecule is O=c1cc(NCC(O)C2CC2)cn[nH]1. The maximum atomic E-state index is 10.9. The second-order valence-corrected chi connectivity index (χ2v) is 3.62. The lowest BCUT2D eigenvalue weighted by atomic mass is 10.2. The van der Waals surface area contributed by atoms with Crippen molar-refractivity contribution in [2.75, 3.05) is 11.9 Å². The fraction of sp³-hybridized carbons (Fsp3) is 0.556. The standard InChI is InChI=1S/C9H13N3O2/c13-8(6-1-2-6)5-10-7-3-9(14)12-11-4-7/h3-4,6,8,13H,1-2,5H2,(H2,10,12,14). The Labute approximate surface area is 81.2 Å². The topological polar surface area (TPSA) is 78.0 Å². The van der Waals surface area contributed by atoms with E-state index in [9.17, 15) is 9.90 Å². The third kappa shape index (κ3) is 2.32. The number of hydrogen-bond acceptors (Lipinski definition) is 4. The summed E-state index contributed by atoms with van der Waals surface area (Å²) in [5.41, 5.74) is 0.407. The van der Waals surface area contributed by atoms with Crippen molar-refractivity contribution in [3.63, 3.8) is 0 Å². The molecule has 0 radical (unpaired) electrons. The van der Waals surface area contributed by atoms with E-state index in [0.717, 1.165) is 12.8 Å². The van der Waals surface area contributed by atoms with Crippen molar-refractivity contribution in [2.24, 2.45) is 5.92 Å². The van der Waals surface area contributed by atoms with E-state index in [1.54, 1.807) is 0 Å². The first kappa shape index (κ1) is 9.21. The molecule has 5 heteroatoms. The third-order valence-electron chi connectivity index (χ3n) is 2.35. The van der Waals surface area contributed by atoms with Crippen LogP contribution in [0.2, 0.25) is 0 Å². The van der Waals surface area contributed by atoms with Crippen LogP contribution < -0.4 is 10.9 Å². The van der Waals surface area contributed by atoms with Crippen molar-refractivity contribution in [1.82, 2.24) is 10.2 Å². The number of aliphatic hydroxyl groups is 1. The first-order chi connectivity index (χ1) is 6.75. The molecule has 1 saturated carbocycles. The van der Waals surface area contributed by atoms with E-state index in [0.29, 0.717) is 18.2 Å². The van der Waals surface area contributed by atoms with Crippen LogP contribution in [-0.4, -0.2) is 28.0 Å². The van der Waals surface area contributed by atoms with Gasteiger partial charge in [-0.2, -0.15) is 5.10 Å². The molecule has 1 aliphatic carbocycles. The Morgan fingerprint density at radius 3 is 3.14 bits per heavy atom. The normalized spacial score (nSPS) is 17.8. The van der Waals surface area contributed by atoms with E-state index in [4.69, 9.17) is 0 Å². The fourth-order valence-corrected chi connectivity index (χ4v) is 1.34. The number of aromatic amines is 1. The van der Waals surface area contributed by atoms with Crippen LogP contribution in [0.3, 0.4) is 0 Å². The Morgan fingerprint density at radius 2 is 2.50 bits per heavy atom. The van der Waals surface area contributed by atoms with Gasteiger partial charge in [0.15, 0.2) is 0 Å². The molecule has 1 fully saturated rings. The van der Waals surface area contributed by atoms with Gasteiger partial charge in [-0.3, -0.25) is 4.79 Å². The molecule has 1 aromatic heterocycles. The Balaban J connectivity index is 1.87. The quantitative estimate of drug-likeness (QED) is 0.629. The van der Waals surface area contributed by atoms with Gasteiger partial charge in [-0.25, -0.2) is 5.10 Å². The summed E-state index contributed by atoms with van der Waals surface area (Å²) in [6.45, 7) is 0.482. The van der Waals surface area contributed by atoms with Crippen LogP contribution in [0.5, 0.6) is 0 Å². The maximum Gasteiger partial charge on any atom is 0.266 e. The van der Waals surface area contributed by atoms with Gasteiger partial charge in [-0.1, -0.05) is 0 Å². The first-order valence-electron chi connectivity index (χ1n) is 4.72. The highest BCUT2D eigenvalue weighted by molar-refractivity contribution is 5.38. The molecular weight excluding hydrogens is 182 g/mol. The predicted octanol–water partition coefficient (Wildman–Crippen LogP) is -0.0473. The van der Waals surface area contributed by atoms with E-state index in [-0.39, 0.29) is 11.7 Å². The zero-order valence-electron chi connectivity index (χ0n) is 7.73. The van der Waals surface area contributed by atoms with E-state index in [1.165, 1.54) is 12.3 Å². The molecule has 0 spiro atoms. The lowest BCUT2D eigenvalue weighted by Crippen LogP contribution is -2.22. The van der Waals surface area contributed by atoms with Crippen LogP contribution in [0.1, 0.15) is 12.8 Å². The summed E-state index contributed by atoms with van der Waals surface area (Å²) in [6.07, 6.45) is 3.43. The molecule has 5 nitrogen and oxygen atoms in total. The Kier molecular flexibility index (Phi) is 2.49. The van der Waals surface area contributed by atoms with Crippen LogP contribution >= 0.6 is 0 Å². The molecule has 0 bridgehead atoms. The number of anilines is 1. The number of hydrogen-bond donors (Lipinski definition) is 3. The van der Waals surface area contributed by atoms with Crippen molar-refractivity contribution < 1.29 is 5.11 Å². The molecule has 1 atom stereocenters. The molecule has 1 unspecified atom stereocenters. The number of H-pyrrole nitrogens is 1. The average Bonchev–Trinajstić information content (AvgIpc) is 2.97. The zero-order chi connectivity index (χ0) is 9.97. The van der Waals surface area contributed by atoms with E-state index in [2.05, 4.69) is 15.5 Å². The lowest BCUT2D eigenvalue weighted by Gasteiger charge is -2.10. The van der Waals surface area contributed by atoms with Crippen molar-refractivity contribution in [2.45, 2.75) is 18.9 Å². The summed E-state index contributed by atoms with van der Waals surface area (Å²) in [7, 11) is 0. The van der Waals surface area contributed by atoms with E-state index in [1.807, 2.05) is 0 Å². The van der Waals surface area contributed by atoms with Gasteiger partial charge in [0.2, 0.25) is 0 Å². The van der Waals surface area contributed by atoms with Crippen LogP contribution in [0.25, 0.3) is 0 Å². The lowest BCUT2D eigenvalue weighted by molar-refractivity contribution is 0.164. The Morgan fingerprint density at radius 1 is 1.71 bits per heavy atom. The molecule has 0 amide bonds. The van der Waals surface area contributed by atoms with Gasteiger partial charge >= 0.3 is 0 Å². The second kappa shape index (κ2) is 3.79. The minimum Gasteiger partial charge on any atom is -0.391 e. The summed E-state index contributed by atoms with van der Waals surface area (Å²) in [5, 5.41) is 18.5. The monoisotopic (exact) mass is 195 g/mol. The highest BCUT2D eigenvalue weighted by Crippen LogP contribution is 2.32. The molecule has 1 heterocycles. The molecule has 14 heavy (non-hydrogen) atoms. The summed E-state index contributed by atoms with van der Waals surface area (Å²) < 4.78 is 0. The van der Waals surface area contributed by atoms with Crippen LogP contribution in [-0.2, 0) is 0 Å². The van der Waals surface area contributed by atoms with Gasteiger partial charge in [0.05, 0.1) is 18.0 Å². The van der Waals surface area contributed by atoms with E-state index >= 15 is 0 Å². The van der Waals surface area contributed by atoms with Gasteiger partial charge in [-0.15, -0.1) is 0 Å². The summed E-state index contributed by atoms with van der Waals surface area (Å²) >= 11 is 0. The number of rotatable bonds is 4. The van der Waals surface area contributed by atoms with Crippen molar-refractivity contribution in [3.05, 3.63) is 22.6 Å². The number of nitrogens with zero attached hydrogens (tertiary/aromatic N) is 1. The number of aromatic nitrogens is 2. The van der Waals surface area contributed by atoms with Crippen molar-refractivity contribution in [1.29, 1.82) is 0 Å². The van der Waals surface area contributed by atoms with Gasteiger partial charge in [0.25, 0.3) is 5.56 Å². The largest absolute Gasteiger partial charge is 0.391 e. The maximum absolute atomic E-state index is 10.9. The number of nitrogens with one attached hydrogen (secondary N) is 2. The zero-order valence-corrected chi connectivity index (χ0v) is 7.73. The highest BCUT2D eigenvalue weighted by Gasteiger charge is 2.29. The average molecular weight is 195 g/mol. The third-order valence-corrected chi connectivity index (χ3v) is 2.35. The van der Waals surface area contributed by atoms with E-state index < -0.39 is 0 Å². The number of aliphatic hydroxyl groups excluding tert-OH is 1. The summed E-state index contributed by atoms with van der Waals surface area (Å²) in [5.74, 6) is 0.442. The molecule has 1 aliphatic rings. The summed E-state index contributed by atoms with van der Waals surface area (Å²) in [6, 6.07) is 1.42. The molecule has 0 saturated heterocycles. The van der Waals surface area contributed by atoms with Gasteiger partial charge < -0.3 is 10.4 Å². The smallest absolute Gasteiger partial charge is 0.266 e. The molecule has 3 N–H and O–H groups in total. The summed E-state index contributed by atoms with van der Waals surface area (Å²) in [4.78, 5) is 10.9. The van der Waals surface area contributed by atoms with Crippen molar-refractivity contribution >= 4 is 5.69 Å². The van der Waals surface area contributed by atoms with Gasteiger partial charge in [0, 0.05) is 12.6 Å². The van der Waals surface area contributed by atoms with Crippen LogP contribution in [0, 0.1) is 5.92 Å². The molecule has 0 aliphatic heterocycles. The van der Waals surface area contributed by atoms with Crippen LogP contribution in [0.15, 0.2) is 17.1 Å².